The van der Waals surface area contributed by atoms with Gasteiger partial charge in [0.05, 0.1) is 21.3 Å². The Bertz CT molecular complexity index is 697. The lowest BCUT2D eigenvalue weighted by Gasteiger charge is -2.15. The maximum Gasteiger partial charge on any atom is 0.203 e. The third kappa shape index (κ3) is 5.15. The predicted molar refractivity (Wildman–Crippen MR) is 104 cm³/mol. The molecule has 0 atom stereocenters. The van der Waals surface area contributed by atoms with Crippen molar-refractivity contribution in [2.75, 3.05) is 38.5 Å². The number of hydrogen-bond acceptors (Lipinski definition) is 7. The van der Waals surface area contributed by atoms with Crippen LogP contribution in [0.3, 0.4) is 0 Å². The molecule has 0 aliphatic heterocycles. The zero-order valence-electron chi connectivity index (χ0n) is 16.2. The molecule has 7 nitrogen and oxygen atoms in total. The van der Waals surface area contributed by atoms with Crippen molar-refractivity contribution in [2.24, 2.45) is 0 Å². The highest BCUT2D eigenvalue weighted by molar-refractivity contribution is 5.67. The Kier molecular flexibility index (Phi) is 7.32. The largest absolute Gasteiger partial charge is 0.493 e. The van der Waals surface area contributed by atoms with E-state index in [4.69, 9.17) is 14.2 Å². The number of methoxy groups -OCH3 is 3. The van der Waals surface area contributed by atoms with Crippen LogP contribution in [0.2, 0.25) is 0 Å². The number of benzene rings is 1. The highest BCUT2D eigenvalue weighted by Gasteiger charge is 2.14. The zero-order valence-corrected chi connectivity index (χ0v) is 16.2. The Labute approximate surface area is 155 Å². The molecular weight excluding hydrogens is 332 g/mol. The zero-order chi connectivity index (χ0) is 18.9. The van der Waals surface area contributed by atoms with Crippen molar-refractivity contribution in [1.82, 2.24) is 9.97 Å². The SMILES string of the molecule is CCCCCNc1cc(Nc2cc(OC)c(OC)c(OC)c2)nc(C)n1. The van der Waals surface area contributed by atoms with Crippen molar-refractivity contribution in [3.8, 4) is 17.2 Å². The molecule has 0 aliphatic rings. The lowest BCUT2D eigenvalue weighted by molar-refractivity contribution is 0.324. The van der Waals surface area contributed by atoms with E-state index >= 15 is 0 Å². The van der Waals surface area contributed by atoms with Gasteiger partial charge in [-0.2, -0.15) is 0 Å². The van der Waals surface area contributed by atoms with E-state index in [0.717, 1.165) is 24.5 Å². The Balaban J connectivity index is 2.21. The van der Waals surface area contributed by atoms with Gasteiger partial charge in [0.1, 0.15) is 17.5 Å². The monoisotopic (exact) mass is 360 g/mol. The summed E-state index contributed by atoms with van der Waals surface area (Å²) in [6.07, 6.45) is 3.52. The number of ether oxygens (including phenoxy) is 3. The Hall–Kier alpha value is -2.70. The van der Waals surface area contributed by atoms with Crippen LogP contribution in [0.4, 0.5) is 17.3 Å². The normalized spacial score (nSPS) is 10.3. The average molecular weight is 360 g/mol. The van der Waals surface area contributed by atoms with Crippen molar-refractivity contribution in [1.29, 1.82) is 0 Å². The summed E-state index contributed by atoms with van der Waals surface area (Å²) in [5.41, 5.74) is 0.787. The van der Waals surface area contributed by atoms with E-state index in [9.17, 15) is 0 Å². The van der Waals surface area contributed by atoms with Crippen LogP contribution >= 0.6 is 0 Å². The summed E-state index contributed by atoms with van der Waals surface area (Å²) in [5, 5.41) is 6.63. The number of aromatic nitrogens is 2. The molecule has 0 saturated carbocycles. The van der Waals surface area contributed by atoms with Gasteiger partial charge in [0.25, 0.3) is 0 Å². The Morgan fingerprint density at radius 1 is 0.885 bits per heavy atom. The van der Waals surface area contributed by atoms with Crippen LogP contribution in [-0.2, 0) is 0 Å². The van der Waals surface area contributed by atoms with Gasteiger partial charge in [0.2, 0.25) is 5.75 Å². The first-order valence-corrected chi connectivity index (χ1v) is 8.77. The van der Waals surface area contributed by atoms with Gasteiger partial charge >= 0.3 is 0 Å². The van der Waals surface area contributed by atoms with Crippen LogP contribution < -0.4 is 24.8 Å². The topological polar surface area (TPSA) is 77.5 Å². The second-order valence-corrected chi connectivity index (χ2v) is 5.86. The molecular formula is C19H28N4O3. The van der Waals surface area contributed by atoms with E-state index in [0.29, 0.717) is 28.9 Å². The minimum Gasteiger partial charge on any atom is -0.493 e. The van der Waals surface area contributed by atoms with Crippen molar-refractivity contribution >= 4 is 17.3 Å². The van der Waals surface area contributed by atoms with E-state index in [1.165, 1.54) is 12.8 Å². The molecule has 0 radical (unpaired) electrons. The molecule has 2 aromatic rings. The van der Waals surface area contributed by atoms with Gasteiger partial charge in [-0.05, 0) is 13.3 Å². The third-order valence-corrected chi connectivity index (χ3v) is 3.86. The Morgan fingerprint density at radius 3 is 2.12 bits per heavy atom. The lowest BCUT2D eigenvalue weighted by Crippen LogP contribution is -2.06. The maximum absolute atomic E-state index is 5.39. The summed E-state index contributed by atoms with van der Waals surface area (Å²) < 4.78 is 16.1. The quantitative estimate of drug-likeness (QED) is 0.616. The van der Waals surface area contributed by atoms with E-state index in [1.807, 2.05) is 25.1 Å². The van der Waals surface area contributed by atoms with Crippen molar-refractivity contribution < 1.29 is 14.2 Å². The van der Waals surface area contributed by atoms with Gasteiger partial charge in [0.15, 0.2) is 11.5 Å². The summed E-state index contributed by atoms with van der Waals surface area (Å²) in [6.45, 7) is 4.96. The Morgan fingerprint density at radius 2 is 1.54 bits per heavy atom. The van der Waals surface area contributed by atoms with E-state index in [1.54, 1.807) is 21.3 Å². The number of rotatable bonds is 10. The van der Waals surface area contributed by atoms with Crippen LogP contribution in [0.1, 0.15) is 32.0 Å². The van der Waals surface area contributed by atoms with Gasteiger partial charge in [0, 0.05) is 30.4 Å². The highest BCUT2D eigenvalue weighted by Crippen LogP contribution is 2.40. The number of unbranched alkanes of at least 4 members (excludes halogenated alkanes) is 2. The molecule has 1 aromatic heterocycles. The van der Waals surface area contributed by atoms with Crippen LogP contribution in [0.15, 0.2) is 18.2 Å². The van der Waals surface area contributed by atoms with Crippen molar-refractivity contribution in [3.63, 3.8) is 0 Å². The number of aryl methyl sites for hydroxylation is 1. The molecule has 1 aromatic carbocycles. The van der Waals surface area contributed by atoms with Gasteiger partial charge in [-0.3, -0.25) is 0 Å². The molecule has 2 N–H and O–H groups in total. The molecule has 0 spiro atoms. The number of anilines is 3. The first-order valence-electron chi connectivity index (χ1n) is 8.77. The summed E-state index contributed by atoms with van der Waals surface area (Å²) in [4.78, 5) is 8.89. The van der Waals surface area contributed by atoms with Gasteiger partial charge in [-0.25, -0.2) is 9.97 Å². The van der Waals surface area contributed by atoms with Crippen LogP contribution in [0.5, 0.6) is 17.2 Å². The van der Waals surface area contributed by atoms with Gasteiger partial charge in [-0.15, -0.1) is 0 Å². The van der Waals surface area contributed by atoms with Crippen LogP contribution in [-0.4, -0.2) is 37.8 Å². The lowest BCUT2D eigenvalue weighted by atomic mass is 10.2. The molecule has 2 rings (SSSR count). The third-order valence-electron chi connectivity index (χ3n) is 3.86. The number of nitrogens with one attached hydrogen (secondary N) is 2. The number of nitrogens with zero attached hydrogens (tertiary/aromatic N) is 2. The molecule has 0 amide bonds. The van der Waals surface area contributed by atoms with Gasteiger partial charge in [-0.1, -0.05) is 19.8 Å². The molecule has 7 heteroatoms. The second-order valence-electron chi connectivity index (χ2n) is 5.86. The second kappa shape index (κ2) is 9.70. The van der Waals surface area contributed by atoms with Crippen LogP contribution in [0.25, 0.3) is 0 Å². The smallest absolute Gasteiger partial charge is 0.203 e. The fourth-order valence-corrected chi connectivity index (χ4v) is 2.61. The van der Waals surface area contributed by atoms with E-state index in [-0.39, 0.29) is 0 Å². The molecule has 0 fully saturated rings. The highest BCUT2D eigenvalue weighted by atomic mass is 16.5. The molecule has 0 bridgehead atoms. The molecule has 26 heavy (non-hydrogen) atoms. The van der Waals surface area contributed by atoms with E-state index in [2.05, 4.69) is 27.5 Å². The molecule has 1 heterocycles. The number of hydrogen-bond donors (Lipinski definition) is 2. The minimum atomic E-state index is 0.553. The van der Waals surface area contributed by atoms with Crippen molar-refractivity contribution in [3.05, 3.63) is 24.0 Å². The summed E-state index contributed by atoms with van der Waals surface area (Å²) in [7, 11) is 4.76. The molecule has 0 saturated heterocycles. The molecule has 0 aliphatic carbocycles. The van der Waals surface area contributed by atoms with Gasteiger partial charge < -0.3 is 24.8 Å². The first kappa shape index (κ1) is 19.6. The molecule has 0 unspecified atom stereocenters. The average Bonchev–Trinajstić information content (AvgIpc) is 2.64. The maximum atomic E-state index is 5.39. The fraction of sp³-hybridized carbons (Fsp3) is 0.474. The summed E-state index contributed by atoms with van der Waals surface area (Å²) in [5.74, 6) is 3.92. The van der Waals surface area contributed by atoms with E-state index < -0.39 is 0 Å². The van der Waals surface area contributed by atoms with Crippen LogP contribution in [0, 0.1) is 6.92 Å². The fourth-order valence-electron chi connectivity index (χ4n) is 2.61. The molecule has 142 valence electrons. The minimum absolute atomic E-state index is 0.553. The predicted octanol–water partition coefficient (Wildman–Crippen LogP) is 4.16. The van der Waals surface area contributed by atoms with Crippen molar-refractivity contribution in [2.45, 2.75) is 33.1 Å². The first-order chi connectivity index (χ1) is 12.6. The summed E-state index contributed by atoms with van der Waals surface area (Å²) in [6, 6.07) is 5.57. The standard InChI is InChI=1S/C19H28N4O3/c1-6-7-8-9-20-17-12-18(22-13(2)21-17)23-14-10-15(24-3)19(26-5)16(11-14)25-4/h10-12H,6-9H2,1-5H3,(H2,20,21,22,23). The summed E-state index contributed by atoms with van der Waals surface area (Å²) >= 11 is 0.